The van der Waals surface area contributed by atoms with Crippen molar-refractivity contribution in [1.82, 2.24) is 15.3 Å². The number of para-hydroxylation sites is 1. The van der Waals surface area contributed by atoms with Crippen LogP contribution in [0.2, 0.25) is 0 Å². The predicted octanol–water partition coefficient (Wildman–Crippen LogP) is 4.41. The fourth-order valence-corrected chi connectivity index (χ4v) is 4.49. The second-order valence-electron chi connectivity index (χ2n) is 9.15. The number of carbonyl (C=O) groups excluding carboxylic acids is 1. The number of aromatic nitrogens is 2. The van der Waals surface area contributed by atoms with Gasteiger partial charge in [0, 0.05) is 44.7 Å². The Labute approximate surface area is 196 Å². The van der Waals surface area contributed by atoms with E-state index in [0.29, 0.717) is 12.0 Å². The number of carbonyl (C=O) groups is 1. The number of amides is 1. The highest BCUT2D eigenvalue weighted by atomic mass is 16.1. The molecule has 3 N–H and O–H groups in total. The number of nitrogens with zero attached hydrogens (tertiary/aromatic N) is 3. The van der Waals surface area contributed by atoms with Gasteiger partial charge in [0.15, 0.2) is 0 Å². The van der Waals surface area contributed by atoms with Crippen molar-refractivity contribution >= 4 is 34.3 Å². The van der Waals surface area contributed by atoms with Crippen LogP contribution in [-0.4, -0.2) is 42.6 Å². The first-order valence-electron chi connectivity index (χ1n) is 11.8. The summed E-state index contributed by atoms with van der Waals surface area (Å²) in [5.74, 6) is 2.32. The first-order valence-corrected chi connectivity index (χ1v) is 11.8. The Hall–Kier alpha value is -3.19. The highest BCUT2D eigenvalue weighted by Gasteiger charge is 2.22. The van der Waals surface area contributed by atoms with E-state index in [1.807, 2.05) is 49.3 Å². The van der Waals surface area contributed by atoms with Gasteiger partial charge in [0.25, 0.3) is 0 Å². The van der Waals surface area contributed by atoms with E-state index in [1.54, 1.807) is 0 Å². The minimum absolute atomic E-state index is 0.0451. The minimum atomic E-state index is -0.0451. The summed E-state index contributed by atoms with van der Waals surface area (Å²) >= 11 is 0. The molecule has 0 spiro atoms. The lowest BCUT2D eigenvalue weighted by molar-refractivity contribution is -0.114. The van der Waals surface area contributed by atoms with Gasteiger partial charge in [0.05, 0.1) is 5.52 Å². The Kier molecular flexibility index (Phi) is 7.40. The molecule has 0 saturated heterocycles. The maximum absolute atomic E-state index is 11.1. The average Bonchev–Trinajstić information content (AvgIpc) is 2.80. The van der Waals surface area contributed by atoms with Gasteiger partial charge in [0.2, 0.25) is 11.9 Å². The van der Waals surface area contributed by atoms with Crippen LogP contribution in [0.3, 0.4) is 0 Å². The SMILES string of the molecule is CC(=O)Nc1ccc(CNCC2CCC(Nc3nc(N(C)C)c4ccccc4n3)CC2)cc1. The first kappa shape index (κ1) is 23.0. The Morgan fingerprint density at radius 1 is 1.00 bits per heavy atom. The molecule has 1 fully saturated rings. The van der Waals surface area contributed by atoms with Gasteiger partial charge in [-0.15, -0.1) is 0 Å². The molecule has 0 radical (unpaired) electrons. The summed E-state index contributed by atoms with van der Waals surface area (Å²) < 4.78 is 0. The summed E-state index contributed by atoms with van der Waals surface area (Å²) in [5.41, 5.74) is 3.04. The van der Waals surface area contributed by atoms with Crippen LogP contribution in [-0.2, 0) is 11.3 Å². The number of nitrogens with one attached hydrogen (secondary N) is 3. The van der Waals surface area contributed by atoms with Crippen LogP contribution in [0, 0.1) is 5.92 Å². The van der Waals surface area contributed by atoms with E-state index >= 15 is 0 Å². The third kappa shape index (κ3) is 6.20. The molecule has 1 heterocycles. The van der Waals surface area contributed by atoms with Crippen molar-refractivity contribution in [3.8, 4) is 0 Å². The second-order valence-corrected chi connectivity index (χ2v) is 9.15. The lowest BCUT2D eigenvalue weighted by atomic mass is 9.86. The largest absolute Gasteiger partial charge is 0.362 e. The molecule has 3 aromatic rings. The Bertz CT molecular complexity index is 1070. The van der Waals surface area contributed by atoms with Crippen LogP contribution in [0.5, 0.6) is 0 Å². The van der Waals surface area contributed by atoms with Gasteiger partial charge in [-0.1, -0.05) is 24.3 Å². The van der Waals surface area contributed by atoms with Crippen LogP contribution < -0.4 is 20.9 Å². The highest BCUT2D eigenvalue weighted by Crippen LogP contribution is 2.28. The molecule has 4 rings (SSSR count). The van der Waals surface area contributed by atoms with Gasteiger partial charge >= 0.3 is 0 Å². The molecular weight excluding hydrogens is 412 g/mol. The van der Waals surface area contributed by atoms with Gasteiger partial charge in [-0.25, -0.2) is 4.98 Å². The molecule has 1 saturated carbocycles. The molecule has 33 heavy (non-hydrogen) atoms. The zero-order valence-electron chi connectivity index (χ0n) is 19.8. The maximum atomic E-state index is 11.1. The standard InChI is InChI=1S/C26H34N6O/c1-18(33)28-21-12-8-19(9-13-21)16-27-17-20-10-14-22(15-11-20)29-26-30-24-7-5-4-6-23(24)25(31-26)32(2)3/h4-9,12-13,20,22,27H,10-11,14-17H2,1-3H3,(H,28,33)(H,29,30,31). The van der Waals surface area contributed by atoms with Crippen LogP contribution >= 0.6 is 0 Å². The Morgan fingerprint density at radius 2 is 1.73 bits per heavy atom. The number of hydrogen-bond donors (Lipinski definition) is 3. The lowest BCUT2D eigenvalue weighted by Crippen LogP contribution is -2.31. The minimum Gasteiger partial charge on any atom is -0.362 e. The van der Waals surface area contributed by atoms with Gasteiger partial charge < -0.3 is 20.9 Å². The third-order valence-corrected chi connectivity index (χ3v) is 6.22. The molecule has 7 nitrogen and oxygen atoms in total. The van der Waals surface area contributed by atoms with Gasteiger partial charge in [0.1, 0.15) is 5.82 Å². The van der Waals surface area contributed by atoms with Gasteiger partial charge in [-0.05, 0) is 68.0 Å². The first-order chi connectivity index (χ1) is 16.0. The van der Waals surface area contributed by atoms with E-state index in [9.17, 15) is 4.79 Å². The van der Waals surface area contributed by atoms with Crippen LogP contribution in [0.4, 0.5) is 17.5 Å². The Balaban J connectivity index is 1.24. The maximum Gasteiger partial charge on any atom is 0.225 e. The van der Waals surface area contributed by atoms with Crippen LogP contribution in [0.1, 0.15) is 38.2 Å². The molecule has 1 aliphatic carbocycles. The number of hydrogen-bond acceptors (Lipinski definition) is 6. The van der Waals surface area contributed by atoms with Crippen molar-refractivity contribution in [3.05, 3.63) is 54.1 Å². The topological polar surface area (TPSA) is 82.2 Å². The smallest absolute Gasteiger partial charge is 0.225 e. The van der Waals surface area contributed by atoms with E-state index in [-0.39, 0.29) is 5.91 Å². The predicted molar refractivity (Wildman–Crippen MR) is 136 cm³/mol. The van der Waals surface area contributed by atoms with Crippen molar-refractivity contribution in [2.24, 2.45) is 5.92 Å². The molecule has 1 aliphatic rings. The Morgan fingerprint density at radius 3 is 2.42 bits per heavy atom. The number of benzene rings is 2. The summed E-state index contributed by atoms with van der Waals surface area (Å²) in [4.78, 5) is 22.7. The lowest BCUT2D eigenvalue weighted by Gasteiger charge is -2.29. The average molecular weight is 447 g/mol. The zero-order chi connectivity index (χ0) is 23.2. The van der Waals surface area contributed by atoms with Crippen LogP contribution in [0.15, 0.2) is 48.5 Å². The molecule has 1 aromatic heterocycles. The van der Waals surface area contributed by atoms with Crippen molar-refractivity contribution in [2.45, 2.75) is 45.2 Å². The van der Waals surface area contributed by atoms with E-state index in [4.69, 9.17) is 9.97 Å². The summed E-state index contributed by atoms with van der Waals surface area (Å²) in [6, 6.07) is 16.6. The summed E-state index contributed by atoms with van der Waals surface area (Å²) in [6.45, 7) is 3.39. The number of anilines is 3. The van der Waals surface area contributed by atoms with Crippen molar-refractivity contribution in [2.75, 3.05) is 36.2 Å². The fourth-order valence-electron chi connectivity index (χ4n) is 4.49. The highest BCUT2D eigenvalue weighted by molar-refractivity contribution is 5.90. The molecule has 7 heteroatoms. The van der Waals surface area contributed by atoms with Gasteiger partial charge in [-0.3, -0.25) is 4.79 Å². The zero-order valence-corrected chi connectivity index (χ0v) is 19.8. The summed E-state index contributed by atoms with van der Waals surface area (Å²) in [5, 5.41) is 11.1. The molecule has 0 aliphatic heterocycles. The van der Waals surface area contributed by atoms with Gasteiger partial charge in [-0.2, -0.15) is 4.98 Å². The fraction of sp³-hybridized carbons (Fsp3) is 0.423. The molecule has 0 atom stereocenters. The normalized spacial score (nSPS) is 18.2. The van der Waals surface area contributed by atoms with E-state index in [1.165, 1.54) is 25.3 Å². The van der Waals surface area contributed by atoms with Crippen molar-refractivity contribution in [1.29, 1.82) is 0 Å². The van der Waals surface area contributed by atoms with Crippen molar-refractivity contribution < 1.29 is 4.79 Å². The van der Waals surface area contributed by atoms with E-state index < -0.39 is 0 Å². The molecule has 1 amide bonds. The van der Waals surface area contributed by atoms with E-state index in [0.717, 1.165) is 54.3 Å². The number of rotatable bonds is 8. The molecular formula is C26H34N6O. The van der Waals surface area contributed by atoms with Crippen LogP contribution in [0.25, 0.3) is 10.9 Å². The quantitative estimate of drug-likeness (QED) is 0.475. The second kappa shape index (κ2) is 10.6. The molecule has 174 valence electrons. The summed E-state index contributed by atoms with van der Waals surface area (Å²) in [7, 11) is 4.04. The molecule has 2 aromatic carbocycles. The molecule has 0 bridgehead atoms. The van der Waals surface area contributed by atoms with Crippen molar-refractivity contribution in [3.63, 3.8) is 0 Å². The van der Waals surface area contributed by atoms with E-state index in [2.05, 4.69) is 34.1 Å². The molecule has 0 unspecified atom stereocenters. The third-order valence-electron chi connectivity index (χ3n) is 6.22. The monoisotopic (exact) mass is 446 g/mol. The summed E-state index contributed by atoms with van der Waals surface area (Å²) in [6.07, 6.45) is 4.65. The number of fused-ring (bicyclic) bond motifs is 1.